The number of carbonyl (C=O) groups excluding carboxylic acids is 1. The standard InChI is InChI=1S/C21H20Cl2F3N3OS/c1-12-17(19(30)28-16-9-31-10-16)2-3-18(27-12)29-5-4-20(11-29,21(24,25)26)13-6-14(22)8-15(23)7-13/h2-3,6-8,16H,4-5,9-11H2,1H3,(H,28,30). The molecule has 3 heterocycles. The molecule has 2 saturated heterocycles. The number of thioether (sulfide) groups is 1. The Bertz CT molecular complexity index is 996. The number of benzene rings is 1. The summed E-state index contributed by atoms with van der Waals surface area (Å²) in [4.78, 5) is 18.5. The van der Waals surface area contributed by atoms with Crippen LogP contribution in [0.3, 0.4) is 0 Å². The predicted octanol–water partition coefficient (Wildman–Crippen LogP) is 5.25. The van der Waals surface area contributed by atoms with Gasteiger partial charge in [0.15, 0.2) is 0 Å². The summed E-state index contributed by atoms with van der Waals surface area (Å²) in [7, 11) is 0. The summed E-state index contributed by atoms with van der Waals surface area (Å²) >= 11 is 13.8. The number of rotatable bonds is 4. The Balaban J connectivity index is 1.60. The zero-order valence-electron chi connectivity index (χ0n) is 16.6. The van der Waals surface area contributed by atoms with Crippen molar-refractivity contribution < 1.29 is 18.0 Å². The third-order valence-electron chi connectivity index (χ3n) is 5.84. The number of nitrogens with zero attached hydrogens (tertiary/aromatic N) is 2. The fourth-order valence-corrected chi connectivity index (χ4v) is 5.18. The molecule has 0 aliphatic carbocycles. The molecule has 1 unspecified atom stereocenters. The van der Waals surface area contributed by atoms with E-state index in [1.807, 2.05) is 0 Å². The molecule has 0 spiro atoms. The first kappa shape index (κ1) is 22.6. The minimum absolute atomic E-state index is 0.0473. The van der Waals surface area contributed by atoms with Crippen molar-refractivity contribution in [2.24, 2.45) is 0 Å². The lowest BCUT2D eigenvalue weighted by atomic mass is 9.79. The molecule has 1 amide bonds. The second-order valence-electron chi connectivity index (χ2n) is 7.92. The van der Waals surface area contributed by atoms with Crippen LogP contribution in [0.2, 0.25) is 10.0 Å². The van der Waals surface area contributed by atoms with Crippen LogP contribution >= 0.6 is 35.0 Å². The summed E-state index contributed by atoms with van der Waals surface area (Å²) in [6, 6.07) is 7.47. The molecule has 0 radical (unpaired) electrons. The van der Waals surface area contributed by atoms with Crippen molar-refractivity contribution in [3.63, 3.8) is 0 Å². The fourth-order valence-electron chi connectivity index (χ4n) is 4.01. The maximum Gasteiger partial charge on any atom is 0.400 e. The lowest BCUT2D eigenvalue weighted by Crippen LogP contribution is -2.45. The Morgan fingerprint density at radius 2 is 1.90 bits per heavy atom. The zero-order valence-corrected chi connectivity index (χ0v) is 18.9. The van der Waals surface area contributed by atoms with E-state index in [1.165, 1.54) is 18.2 Å². The molecule has 10 heteroatoms. The van der Waals surface area contributed by atoms with Crippen molar-refractivity contribution in [3.8, 4) is 0 Å². The number of pyridine rings is 1. The average molecular weight is 490 g/mol. The molecule has 0 saturated carbocycles. The molecule has 1 aromatic heterocycles. The molecule has 2 aromatic rings. The molecule has 2 fully saturated rings. The summed E-state index contributed by atoms with van der Waals surface area (Å²) in [6.45, 7) is 1.56. The molecular weight excluding hydrogens is 470 g/mol. The zero-order chi connectivity index (χ0) is 22.4. The van der Waals surface area contributed by atoms with Gasteiger partial charge in [0, 0.05) is 40.7 Å². The van der Waals surface area contributed by atoms with Crippen molar-refractivity contribution in [1.82, 2.24) is 10.3 Å². The molecule has 0 bridgehead atoms. The maximum absolute atomic E-state index is 14.3. The van der Waals surface area contributed by atoms with E-state index in [4.69, 9.17) is 23.2 Å². The predicted molar refractivity (Wildman–Crippen MR) is 119 cm³/mol. The van der Waals surface area contributed by atoms with Gasteiger partial charge in [-0.05, 0) is 49.2 Å². The Hall–Kier alpha value is -1.64. The van der Waals surface area contributed by atoms with Crippen molar-refractivity contribution in [2.45, 2.75) is 31.0 Å². The lowest BCUT2D eigenvalue weighted by molar-refractivity contribution is -0.184. The quantitative estimate of drug-likeness (QED) is 0.636. The van der Waals surface area contributed by atoms with Crippen LogP contribution in [-0.4, -0.2) is 47.7 Å². The van der Waals surface area contributed by atoms with Gasteiger partial charge in [0.1, 0.15) is 11.2 Å². The van der Waals surface area contributed by atoms with Gasteiger partial charge in [0.05, 0.1) is 11.3 Å². The first-order chi connectivity index (χ1) is 14.6. The van der Waals surface area contributed by atoms with Crippen molar-refractivity contribution >= 4 is 46.7 Å². The fraction of sp³-hybridized carbons (Fsp3) is 0.429. The number of halogens is 5. The van der Waals surface area contributed by atoms with E-state index in [0.717, 1.165) is 11.5 Å². The molecular formula is C21H20Cl2F3N3OS. The molecule has 1 N–H and O–H groups in total. The minimum atomic E-state index is -4.49. The van der Waals surface area contributed by atoms with E-state index in [-0.39, 0.29) is 47.1 Å². The van der Waals surface area contributed by atoms with Crippen LogP contribution in [0.25, 0.3) is 0 Å². The molecule has 2 aliphatic rings. The van der Waals surface area contributed by atoms with Gasteiger partial charge in [-0.15, -0.1) is 0 Å². The molecule has 4 nitrogen and oxygen atoms in total. The maximum atomic E-state index is 14.3. The highest BCUT2D eigenvalue weighted by atomic mass is 35.5. The van der Waals surface area contributed by atoms with Gasteiger partial charge in [-0.3, -0.25) is 4.79 Å². The Morgan fingerprint density at radius 1 is 1.23 bits per heavy atom. The van der Waals surface area contributed by atoms with Gasteiger partial charge in [0.25, 0.3) is 5.91 Å². The number of hydrogen-bond donors (Lipinski definition) is 1. The van der Waals surface area contributed by atoms with E-state index < -0.39 is 11.6 Å². The molecule has 2 aliphatic heterocycles. The molecule has 1 aromatic carbocycles. The van der Waals surface area contributed by atoms with E-state index in [2.05, 4.69) is 10.3 Å². The number of aromatic nitrogens is 1. The topological polar surface area (TPSA) is 45.2 Å². The summed E-state index contributed by atoms with van der Waals surface area (Å²) < 4.78 is 42.8. The van der Waals surface area contributed by atoms with Crippen LogP contribution in [0.5, 0.6) is 0 Å². The summed E-state index contributed by atoms with van der Waals surface area (Å²) in [6.07, 6.45) is -4.64. The Labute approximate surface area is 192 Å². The number of alkyl halides is 3. The van der Waals surface area contributed by atoms with E-state index >= 15 is 0 Å². The number of nitrogens with one attached hydrogen (secondary N) is 1. The van der Waals surface area contributed by atoms with Crippen LogP contribution in [0, 0.1) is 6.92 Å². The van der Waals surface area contributed by atoms with Gasteiger partial charge in [-0.1, -0.05) is 23.2 Å². The number of hydrogen-bond acceptors (Lipinski definition) is 4. The SMILES string of the molecule is Cc1nc(N2CCC(c3cc(Cl)cc(Cl)c3)(C(F)(F)F)C2)ccc1C(=O)NC1CSC1. The summed E-state index contributed by atoms with van der Waals surface area (Å²) in [5.41, 5.74) is -1.14. The lowest BCUT2D eigenvalue weighted by Gasteiger charge is -2.33. The van der Waals surface area contributed by atoms with Crippen molar-refractivity contribution in [2.75, 3.05) is 29.5 Å². The van der Waals surface area contributed by atoms with Crippen molar-refractivity contribution in [1.29, 1.82) is 0 Å². The minimum Gasteiger partial charge on any atom is -0.355 e. The average Bonchev–Trinajstić information content (AvgIpc) is 3.10. The van der Waals surface area contributed by atoms with Crippen LogP contribution in [0.1, 0.15) is 28.0 Å². The third kappa shape index (κ3) is 4.34. The van der Waals surface area contributed by atoms with E-state index in [0.29, 0.717) is 17.1 Å². The van der Waals surface area contributed by atoms with E-state index in [1.54, 1.807) is 35.7 Å². The number of carbonyl (C=O) groups is 1. The Morgan fingerprint density at radius 3 is 2.45 bits per heavy atom. The summed E-state index contributed by atoms with van der Waals surface area (Å²) in [5, 5.41) is 3.27. The van der Waals surface area contributed by atoms with Gasteiger partial charge in [0.2, 0.25) is 0 Å². The van der Waals surface area contributed by atoms with Gasteiger partial charge in [-0.25, -0.2) is 4.98 Å². The monoisotopic (exact) mass is 489 g/mol. The van der Waals surface area contributed by atoms with Crippen LogP contribution in [-0.2, 0) is 5.41 Å². The number of amides is 1. The third-order valence-corrected chi connectivity index (χ3v) is 7.55. The van der Waals surface area contributed by atoms with Gasteiger partial charge in [-0.2, -0.15) is 24.9 Å². The normalized spacial score (nSPS) is 21.8. The van der Waals surface area contributed by atoms with E-state index in [9.17, 15) is 18.0 Å². The van der Waals surface area contributed by atoms with Crippen molar-refractivity contribution in [3.05, 3.63) is 57.2 Å². The second-order valence-corrected chi connectivity index (χ2v) is 9.87. The van der Waals surface area contributed by atoms with Crippen LogP contribution < -0.4 is 10.2 Å². The highest BCUT2D eigenvalue weighted by Crippen LogP contribution is 2.49. The first-order valence-corrected chi connectivity index (χ1v) is 11.6. The second kappa shape index (κ2) is 8.37. The smallest absolute Gasteiger partial charge is 0.355 e. The first-order valence-electron chi connectivity index (χ1n) is 9.73. The van der Waals surface area contributed by atoms with Crippen LogP contribution in [0.4, 0.5) is 19.0 Å². The number of anilines is 1. The van der Waals surface area contributed by atoms with Crippen LogP contribution in [0.15, 0.2) is 30.3 Å². The molecule has 4 rings (SSSR count). The highest BCUT2D eigenvalue weighted by molar-refractivity contribution is 8.00. The number of aryl methyl sites for hydroxylation is 1. The molecule has 1 atom stereocenters. The molecule has 166 valence electrons. The summed E-state index contributed by atoms with van der Waals surface area (Å²) in [5.74, 6) is 1.97. The Kier molecular flexibility index (Phi) is 6.09. The van der Waals surface area contributed by atoms with Gasteiger partial charge < -0.3 is 10.2 Å². The largest absolute Gasteiger partial charge is 0.400 e. The molecule has 31 heavy (non-hydrogen) atoms. The van der Waals surface area contributed by atoms with Gasteiger partial charge >= 0.3 is 6.18 Å². The highest BCUT2D eigenvalue weighted by Gasteiger charge is 2.59.